The largest absolute Gasteiger partial charge is 0.342 e. The Hall–Kier alpha value is -0.870. The summed E-state index contributed by atoms with van der Waals surface area (Å²) in [6, 6.07) is 4.48. The number of hydrogen-bond donors (Lipinski definition) is 1. The molecule has 2 rings (SSSR count). The molecule has 0 bridgehead atoms. The van der Waals surface area contributed by atoms with Gasteiger partial charge in [-0.05, 0) is 31.2 Å². The number of thiophene rings is 1. The van der Waals surface area contributed by atoms with Crippen molar-refractivity contribution in [3.63, 3.8) is 0 Å². The Morgan fingerprint density at radius 3 is 2.90 bits per heavy atom. The molecular weight excluding hydrogens is 268 g/mol. The van der Waals surface area contributed by atoms with E-state index >= 15 is 0 Å². The second-order valence-corrected chi connectivity index (χ2v) is 7.02. The first-order valence-electron chi connectivity index (χ1n) is 7.64. The molecule has 4 heteroatoms. The first-order chi connectivity index (χ1) is 9.59. The zero-order valence-electron chi connectivity index (χ0n) is 12.5. The molecular formula is C16H26N2OS. The second kappa shape index (κ2) is 7.23. The zero-order chi connectivity index (χ0) is 14.5. The Morgan fingerprint density at radius 2 is 2.20 bits per heavy atom. The summed E-state index contributed by atoms with van der Waals surface area (Å²) in [6.07, 6.45) is 6.39. The first-order valence-corrected chi connectivity index (χ1v) is 8.52. The lowest BCUT2D eigenvalue weighted by Gasteiger charge is -2.30. The topological polar surface area (TPSA) is 46.3 Å². The molecule has 1 amide bonds. The molecule has 3 nitrogen and oxygen atoms in total. The van der Waals surface area contributed by atoms with Gasteiger partial charge in [0, 0.05) is 30.4 Å². The van der Waals surface area contributed by atoms with Crippen LogP contribution in [0.2, 0.25) is 0 Å². The van der Waals surface area contributed by atoms with Crippen molar-refractivity contribution in [2.45, 2.75) is 57.5 Å². The Kier molecular flexibility index (Phi) is 5.61. The fraction of sp³-hybridized carbons (Fsp3) is 0.688. The molecule has 1 aromatic rings. The van der Waals surface area contributed by atoms with E-state index in [1.165, 1.54) is 17.7 Å². The van der Waals surface area contributed by atoms with E-state index in [1.807, 2.05) is 11.9 Å². The van der Waals surface area contributed by atoms with Gasteiger partial charge in [-0.1, -0.05) is 25.3 Å². The van der Waals surface area contributed by atoms with Crippen LogP contribution in [-0.4, -0.2) is 29.9 Å². The third-order valence-corrected chi connectivity index (χ3v) is 5.37. The highest BCUT2D eigenvalue weighted by atomic mass is 32.1. The molecule has 3 unspecified atom stereocenters. The SMILES string of the molecule is CC(Cc1cccs1)N(C)C(=O)C1CCCCCC1N. The van der Waals surface area contributed by atoms with Crippen molar-refractivity contribution in [2.24, 2.45) is 11.7 Å². The molecule has 112 valence electrons. The zero-order valence-corrected chi connectivity index (χ0v) is 13.4. The third kappa shape index (κ3) is 3.83. The van der Waals surface area contributed by atoms with Crippen LogP contribution in [0.15, 0.2) is 17.5 Å². The molecule has 1 fully saturated rings. The highest BCUT2D eigenvalue weighted by molar-refractivity contribution is 7.09. The van der Waals surface area contributed by atoms with Gasteiger partial charge in [0.15, 0.2) is 0 Å². The van der Waals surface area contributed by atoms with E-state index in [0.717, 1.165) is 25.7 Å². The first kappa shape index (κ1) is 15.5. The lowest BCUT2D eigenvalue weighted by atomic mass is 9.93. The van der Waals surface area contributed by atoms with Crippen LogP contribution in [0.4, 0.5) is 0 Å². The van der Waals surface area contributed by atoms with E-state index in [2.05, 4.69) is 24.4 Å². The van der Waals surface area contributed by atoms with Crippen molar-refractivity contribution in [3.05, 3.63) is 22.4 Å². The van der Waals surface area contributed by atoms with E-state index < -0.39 is 0 Å². The van der Waals surface area contributed by atoms with Crippen molar-refractivity contribution >= 4 is 17.2 Å². The van der Waals surface area contributed by atoms with E-state index in [1.54, 1.807) is 11.3 Å². The Bertz CT molecular complexity index is 418. The van der Waals surface area contributed by atoms with Gasteiger partial charge in [-0.2, -0.15) is 0 Å². The molecule has 0 spiro atoms. The number of hydrogen-bond acceptors (Lipinski definition) is 3. The van der Waals surface area contributed by atoms with Gasteiger partial charge in [-0.15, -0.1) is 11.3 Å². The van der Waals surface area contributed by atoms with E-state index in [9.17, 15) is 4.79 Å². The van der Waals surface area contributed by atoms with Crippen molar-refractivity contribution in [1.29, 1.82) is 0 Å². The maximum atomic E-state index is 12.7. The number of likely N-dealkylation sites (N-methyl/N-ethyl adjacent to an activating group) is 1. The molecule has 2 N–H and O–H groups in total. The van der Waals surface area contributed by atoms with Gasteiger partial charge in [-0.3, -0.25) is 4.79 Å². The average Bonchev–Trinajstić information content (AvgIpc) is 2.84. The van der Waals surface area contributed by atoms with Gasteiger partial charge in [0.2, 0.25) is 5.91 Å². The number of nitrogens with two attached hydrogens (primary N) is 1. The highest BCUT2D eigenvalue weighted by Crippen LogP contribution is 2.25. The summed E-state index contributed by atoms with van der Waals surface area (Å²) in [4.78, 5) is 15.9. The summed E-state index contributed by atoms with van der Waals surface area (Å²) in [5.74, 6) is 0.261. The summed E-state index contributed by atoms with van der Waals surface area (Å²) in [7, 11) is 1.93. The predicted molar refractivity (Wildman–Crippen MR) is 84.8 cm³/mol. The minimum absolute atomic E-state index is 0.0216. The van der Waals surface area contributed by atoms with Gasteiger partial charge in [0.25, 0.3) is 0 Å². The maximum absolute atomic E-state index is 12.7. The molecule has 20 heavy (non-hydrogen) atoms. The van der Waals surface area contributed by atoms with Crippen LogP contribution in [0.3, 0.4) is 0 Å². The summed E-state index contributed by atoms with van der Waals surface area (Å²) in [6.45, 7) is 2.12. The van der Waals surface area contributed by atoms with Crippen LogP contribution in [0.5, 0.6) is 0 Å². The molecule has 1 heterocycles. The van der Waals surface area contributed by atoms with Crippen LogP contribution in [0, 0.1) is 5.92 Å². The second-order valence-electron chi connectivity index (χ2n) is 5.99. The molecule has 0 radical (unpaired) electrons. The molecule has 0 aliphatic heterocycles. The van der Waals surface area contributed by atoms with Crippen LogP contribution >= 0.6 is 11.3 Å². The lowest BCUT2D eigenvalue weighted by Crippen LogP contribution is -2.45. The van der Waals surface area contributed by atoms with Gasteiger partial charge < -0.3 is 10.6 Å². The Labute approximate surface area is 126 Å². The lowest BCUT2D eigenvalue weighted by molar-refractivity contribution is -0.136. The van der Waals surface area contributed by atoms with E-state index in [4.69, 9.17) is 5.73 Å². The van der Waals surface area contributed by atoms with Crippen molar-refractivity contribution in [1.82, 2.24) is 4.90 Å². The van der Waals surface area contributed by atoms with Crippen molar-refractivity contribution in [3.8, 4) is 0 Å². The van der Waals surface area contributed by atoms with E-state index in [-0.39, 0.29) is 23.9 Å². The predicted octanol–water partition coefficient (Wildman–Crippen LogP) is 3.05. The molecule has 0 saturated heterocycles. The molecule has 3 atom stereocenters. The summed E-state index contributed by atoms with van der Waals surface area (Å²) in [5, 5.41) is 2.09. The van der Waals surface area contributed by atoms with Crippen molar-refractivity contribution in [2.75, 3.05) is 7.05 Å². The summed E-state index contributed by atoms with van der Waals surface area (Å²) >= 11 is 1.76. The number of carbonyl (C=O) groups excluding carboxylic acids is 1. The summed E-state index contributed by atoms with van der Waals surface area (Å²) in [5.41, 5.74) is 6.21. The standard InChI is InChI=1S/C16H26N2OS/c1-12(11-13-7-6-10-20-13)18(2)16(19)14-8-4-3-5-9-15(14)17/h6-7,10,12,14-15H,3-5,8-9,11,17H2,1-2H3. The van der Waals surface area contributed by atoms with Gasteiger partial charge in [0.05, 0.1) is 5.92 Å². The Balaban J connectivity index is 1.95. The quantitative estimate of drug-likeness (QED) is 0.868. The fourth-order valence-corrected chi connectivity index (χ4v) is 3.81. The number of rotatable bonds is 4. The van der Waals surface area contributed by atoms with E-state index in [0.29, 0.717) is 0 Å². The smallest absolute Gasteiger partial charge is 0.227 e. The summed E-state index contributed by atoms with van der Waals surface area (Å²) < 4.78 is 0. The van der Waals surface area contributed by atoms with Gasteiger partial charge in [-0.25, -0.2) is 0 Å². The Morgan fingerprint density at radius 1 is 1.45 bits per heavy atom. The normalized spacial score (nSPS) is 24.9. The molecule has 0 aromatic carbocycles. The number of amides is 1. The average molecular weight is 294 g/mol. The molecule has 1 aliphatic carbocycles. The monoisotopic (exact) mass is 294 g/mol. The molecule has 1 aromatic heterocycles. The van der Waals surface area contributed by atoms with Crippen LogP contribution in [0.1, 0.15) is 43.9 Å². The van der Waals surface area contributed by atoms with Crippen LogP contribution in [0.25, 0.3) is 0 Å². The van der Waals surface area contributed by atoms with Crippen molar-refractivity contribution < 1.29 is 4.79 Å². The minimum atomic E-state index is 0.0216. The van der Waals surface area contributed by atoms with Gasteiger partial charge in [0.1, 0.15) is 0 Å². The van der Waals surface area contributed by atoms with Crippen LogP contribution < -0.4 is 5.73 Å². The minimum Gasteiger partial charge on any atom is -0.342 e. The third-order valence-electron chi connectivity index (χ3n) is 4.47. The molecule has 1 aliphatic rings. The van der Waals surface area contributed by atoms with Gasteiger partial charge >= 0.3 is 0 Å². The fourth-order valence-electron chi connectivity index (χ4n) is 2.98. The number of nitrogens with zero attached hydrogens (tertiary/aromatic N) is 1. The van der Waals surface area contributed by atoms with Crippen LogP contribution in [-0.2, 0) is 11.2 Å². The molecule has 1 saturated carbocycles. The maximum Gasteiger partial charge on any atom is 0.227 e. The highest BCUT2D eigenvalue weighted by Gasteiger charge is 2.30. The number of carbonyl (C=O) groups is 1.